The maximum Gasteiger partial charge on any atom is 0.426 e. The number of hydrogen-bond donors (Lipinski definition) is 2. The second kappa shape index (κ2) is 11.3. The zero-order chi connectivity index (χ0) is 22.1. The van der Waals surface area contributed by atoms with E-state index in [2.05, 4.69) is 10.7 Å². The molecule has 0 aromatic carbocycles. The number of amides is 4. The van der Waals surface area contributed by atoms with E-state index in [1.54, 1.807) is 25.7 Å². The molecule has 4 amide bonds. The number of hydrogen-bond acceptors (Lipinski definition) is 5. The highest BCUT2D eigenvalue weighted by molar-refractivity contribution is 5.78. The predicted octanol–water partition coefficient (Wildman–Crippen LogP) is 3.64. The van der Waals surface area contributed by atoms with Gasteiger partial charge in [-0.05, 0) is 52.4 Å². The van der Waals surface area contributed by atoms with Gasteiger partial charge >= 0.3 is 18.2 Å². The van der Waals surface area contributed by atoms with E-state index in [1.165, 1.54) is 25.0 Å². The van der Waals surface area contributed by atoms with Gasteiger partial charge in [0.05, 0.1) is 7.11 Å². The van der Waals surface area contributed by atoms with Gasteiger partial charge in [-0.15, -0.1) is 0 Å². The van der Waals surface area contributed by atoms with Crippen LogP contribution >= 0.6 is 0 Å². The minimum absolute atomic E-state index is 0.0349. The fourth-order valence-electron chi connectivity index (χ4n) is 4.03. The van der Waals surface area contributed by atoms with E-state index in [9.17, 15) is 14.4 Å². The van der Waals surface area contributed by atoms with Gasteiger partial charge in [0.2, 0.25) is 0 Å². The van der Waals surface area contributed by atoms with Crippen molar-refractivity contribution in [1.29, 1.82) is 0 Å². The highest BCUT2D eigenvalue weighted by atomic mass is 16.6. The molecule has 1 atom stereocenters. The maximum atomic E-state index is 13.0. The number of methoxy groups -OCH3 is 1. The highest BCUT2D eigenvalue weighted by Crippen LogP contribution is 2.20. The SMILES string of the molecule is COC(=O)N1CCCC(CN(NC(=O)OC(C)(C)C)C(=O)NC2CCCCCC2)C1. The number of piperidine rings is 1. The summed E-state index contributed by atoms with van der Waals surface area (Å²) < 4.78 is 10.2. The standard InChI is InChI=1S/C21H38N4O5/c1-21(2,3)30-19(27)23-25(18(26)22-17-11-7-5-6-8-12-17)15-16-10-9-13-24(14-16)20(28)29-4/h16-17H,5-15H2,1-4H3,(H,22,26)(H,23,27). The molecule has 1 saturated heterocycles. The number of urea groups is 1. The van der Waals surface area contributed by atoms with Crippen molar-refractivity contribution in [3.05, 3.63) is 0 Å². The monoisotopic (exact) mass is 426 g/mol. The van der Waals surface area contributed by atoms with E-state index in [0.717, 1.165) is 38.5 Å². The Morgan fingerprint density at radius 3 is 2.30 bits per heavy atom. The van der Waals surface area contributed by atoms with Gasteiger partial charge in [-0.1, -0.05) is 25.7 Å². The van der Waals surface area contributed by atoms with Crippen molar-refractivity contribution in [2.75, 3.05) is 26.7 Å². The van der Waals surface area contributed by atoms with E-state index in [1.807, 2.05) is 0 Å². The molecular formula is C21H38N4O5. The van der Waals surface area contributed by atoms with Crippen LogP contribution in [0.3, 0.4) is 0 Å². The summed E-state index contributed by atoms with van der Waals surface area (Å²) in [6, 6.07) is -0.219. The molecule has 0 aromatic rings. The molecule has 1 aliphatic heterocycles. The number of carbonyl (C=O) groups excluding carboxylic acids is 3. The summed E-state index contributed by atoms with van der Waals surface area (Å²) in [5, 5.41) is 4.38. The number of likely N-dealkylation sites (tertiary alicyclic amines) is 1. The molecule has 1 heterocycles. The van der Waals surface area contributed by atoms with E-state index in [-0.39, 0.29) is 24.1 Å². The summed E-state index contributed by atoms with van der Waals surface area (Å²) in [6.45, 7) is 6.74. The first-order chi connectivity index (χ1) is 14.2. The van der Waals surface area contributed by atoms with Crippen LogP contribution in [0.2, 0.25) is 0 Å². The van der Waals surface area contributed by atoms with E-state index in [4.69, 9.17) is 9.47 Å². The molecule has 1 aliphatic carbocycles. The Kier molecular flexibility index (Phi) is 9.05. The van der Waals surface area contributed by atoms with Gasteiger partial charge in [-0.2, -0.15) is 0 Å². The first kappa shape index (κ1) is 24.1. The lowest BCUT2D eigenvalue weighted by Crippen LogP contribution is -2.56. The molecule has 0 bridgehead atoms. The molecule has 9 heteroatoms. The van der Waals surface area contributed by atoms with E-state index < -0.39 is 11.7 Å². The number of carbonyl (C=O) groups is 3. The summed E-state index contributed by atoms with van der Waals surface area (Å²) in [5.74, 6) is 0.0349. The van der Waals surface area contributed by atoms with Crippen LogP contribution in [0.15, 0.2) is 0 Å². The summed E-state index contributed by atoms with van der Waals surface area (Å²) in [6.07, 6.45) is 7.13. The van der Waals surface area contributed by atoms with Gasteiger partial charge in [0.15, 0.2) is 0 Å². The number of ether oxygens (including phenoxy) is 2. The molecule has 9 nitrogen and oxygen atoms in total. The highest BCUT2D eigenvalue weighted by Gasteiger charge is 2.30. The van der Waals surface area contributed by atoms with Crippen LogP contribution in [0, 0.1) is 5.92 Å². The van der Waals surface area contributed by atoms with Crippen LogP contribution in [0.5, 0.6) is 0 Å². The Morgan fingerprint density at radius 2 is 1.70 bits per heavy atom. The molecule has 172 valence electrons. The first-order valence-electron chi connectivity index (χ1n) is 11.1. The smallest absolute Gasteiger partial charge is 0.426 e. The summed E-state index contributed by atoms with van der Waals surface area (Å²) in [4.78, 5) is 38.9. The van der Waals surface area contributed by atoms with Crippen molar-refractivity contribution in [3.8, 4) is 0 Å². The molecule has 2 fully saturated rings. The van der Waals surface area contributed by atoms with Gasteiger partial charge in [-0.3, -0.25) is 0 Å². The van der Waals surface area contributed by atoms with Gasteiger partial charge in [0, 0.05) is 25.7 Å². The Balaban J connectivity index is 2.02. The van der Waals surface area contributed by atoms with Crippen molar-refractivity contribution in [1.82, 2.24) is 20.7 Å². The second-order valence-electron chi connectivity index (χ2n) is 9.29. The lowest BCUT2D eigenvalue weighted by atomic mass is 9.98. The average molecular weight is 427 g/mol. The Bertz CT molecular complexity index is 584. The number of nitrogens with zero attached hydrogens (tertiary/aromatic N) is 2. The summed E-state index contributed by atoms with van der Waals surface area (Å²) in [7, 11) is 1.36. The van der Waals surface area contributed by atoms with Crippen molar-refractivity contribution >= 4 is 18.2 Å². The van der Waals surface area contributed by atoms with E-state index in [0.29, 0.717) is 19.6 Å². The average Bonchev–Trinajstić information content (AvgIpc) is 2.94. The zero-order valence-corrected chi connectivity index (χ0v) is 18.9. The summed E-state index contributed by atoms with van der Waals surface area (Å²) in [5.41, 5.74) is 1.94. The zero-order valence-electron chi connectivity index (χ0n) is 18.9. The van der Waals surface area contributed by atoms with Crippen LogP contribution in [0.4, 0.5) is 14.4 Å². The molecule has 2 rings (SSSR count). The van der Waals surface area contributed by atoms with Crippen LogP contribution in [0.25, 0.3) is 0 Å². The quantitative estimate of drug-likeness (QED) is 0.530. The third kappa shape index (κ3) is 8.28. The van der Waals surface area contributed by atoms with Crippen molar-refractivity contribution in [2.45, 2.75) is 83.8 Å². The van der Waals surface area contributed by atoms with Crippen LogP contribution < -0.4 is 10.7 Å². The van der Waals surface area contributed by atoms with Crippen molar-refractivity contribution in [3.63, 3.8) is 0 Å². The van der Waals surface area contributed by atoms with Gasteiger partial charge in [-0.25, -0.2) is 24.8 Å². The molecule has 0 spiro atoms. The number of nitrogens with one attached hydrogen (secondary N) is 2. The van der Waals surface area contributed by atoms with Crippen LogP contribution in [0.1, 0.15) is 72.1 Å². The van der Waals surface area contributed by atoms with Crippen molar-refractivity contribution in [2.24, 2.45) is 5.92 Å². The van der Waals surface area contributed by atoms with Crippen LogP contribution in [-0.4, -0.2) is 66.5 Å². The largest absolute Gasteiger partial charge is 0.453 e. The fraction of sp³-hybridized carbons (Fsp3) is 0.857. The molecule has 0 radical (unpaired) electrons. The molecule has 30 heavy (non-hydrogen) atoms. The molecule has 2 aliphatic rings. The number of hydrazine groups is 1. The Hall–Kier alpha value is -2.19. The minimum Gasteiger partial charge on any atom is -0.453 e. The maximum absolute atomic E-state index is 13.0. The third-order valence-electron chi connectivity index (χ3n) is 5.45. The van der Waals surface area contributed by atoms with Gasteiger partial charge in [0.25, 0.3) is 0 Å². The lowest BCUT2D eigenvalue weighted by molar-refractivity contribution is 0.0329. The Morgan fingerprint density at radius 1 is 1.03 bits per heavy atom. The molecule has 1 unspecified atom stereocenters. The molecule has 1 saturated carbocycles. The summed E-state index contributed by atoms with van der Waals surface area (Å²) >= 11 is 0. The second-order valence-corrected chi connectivity index (χ2v) is 9.29. The van der Waals surface area contributed by atoms with E-state index >= 15 is 0 Å². The predicted molar refractivity (Wildman–Crippen MR) is 113 cm³/mol. The fourth-order valence-corrected chi connectivity index (χ4v) is 4.03. The first-order valence-corrected chi connectivity index (χ1v) is 11.1. The molecule has 2 N–H and O–H groups in total. The van der Waals surface area contributed by atoms with Gasteiger partial charge < -0.3 is 19.7 Å². The third-order valence-corrected chi connectivity index (χ3v) is 5.45. The van der Waals surface area contributed by atoms with Gasteiger partial charge in [0.1, 0.15) is 5.60 Å². The topological polar surface area (TPSA) is 100 Å². The minimum atomic E-state index is -0.667. The normalized spacial score (nSPS) is 20.7. The molecular weight excluding hydrogens is 388 g/mol. The lowest BCUT2D eigenvalue weighted by Gasteiger charge is -2.35. The van der Waals surface area contributed by atoms with Crippen LogP contribution in [-0.2, 0) is 9.47 Å². The molecule has 0 aromatic heterocycles. The Labute approximate surface area is 179 Å². The van der Waals surface area contributed by atoms with Crippen molar-refractivity contribution < 1.29 is 23.9 Å². The number of rotatable bonds is 3.